The van der Waals surface area contributed by atoms with E-state index >= 15 is 0 Å². The lowest BCUT2D eigenvalue weighted by Gasteiger charge is -2.16. The third kappa shape index (κ3) is 5.18. The molecular formula is C18H21BrO2. The average Bonchev–Trinajstić information content (AvgIpc) is 2.56. The normalized spacial score (nSPS) is 12.1. The fraction of sp³-hybridized carbons (Fsp3) is 0.333. The number of benzene rings is 2. The molecule has 0 bridgehead atoms. The topological polar surface area (TPSA) is 18.5 Å². The maximum Gasteiger partial charge on any atom is 0.118 e. The fourth-order valence-corrected chi connectivity index (χ4v) is 2.76. The SMILES string of the molecule is COc1ccc(C(CBr)OCCCc2ccccc2)cc1. The smallest absolute Gasteiger partial charge is 0.118 e. The van der Waals surface area contributed by atoms with Crippen molar-refractivity contribution in [3.05, 3.63) is 65.7 Å². The molecule has 0 aliphatic carbocycles. The van der Waals surface area contributed by atoms with Crippen molar-refractivity contribution in [1.29, 1.82) is 0 Å². The molecule has 0 aliphatic heterocycles. The molecule has 0 heterocycles. The van der Waals surface area contributed by atoms with Crippen LogP contribution in [0.1, 0.15) is 23.7 Å². The number of rotatable bonds is 8. The average molecular weight is 349 g/mol. The van der Waals surface area contributed by atoms with Crippen LogP contribution in [0.15, 0.2) is 54.6 Å². The van der Waals surface area contributed by atoms with Crippen LogP contribution in [0.4, 0.5) is 0 Å². The van der Waals surface area contributed by atoms with E-state index in [4.69, 9.17) is 9.47 Å². The molecule has 0 spiro atoms. The van der Waals surface area contributed by atoms with Crippen LogP contribution in [0.2, 0.25) is 0 Å². The molecule has 3 heteroatoms. The zero-order valence-electron chi connectivity index (χ0n) is 12.3. The van der Waals surface area contributed by atoms with Gasteiger partial charge in [-0.15, -0.1) is 0 Å². The van der Waals surface area contributed by atoms with Gasteiger partial charge < -0.3 is 9.47 Å². The summed E-state index contributed by atoms with van der Waals surface area (Å²) in [6.07, 6.45) is 2.17. The Balaban J connectivity index is 1.79. The van der Waals surface area contributed by atoms with E-state index in [1.165, 1.54) is 11.1 Å². The van der Waals surface area contributed by atoms with Gasteiger partial charge in [0.2, 0.25) is 0 Å². The van der Waals surface area contributed by atoms with Gasteiger partial charge in [0.15, 0.2) is 0 Å². The Hall–Kier alpha value is -1.32. The Labute approximate surface area is 135 Å². The van der Waals surface area contributed by atoms with Crippen LogP contribution in [0.25, 0.3) is 0 Å². The molecule has 0 aliphatic rings. The number of ether oxygens (including phenoxy) is 2. The summed E-state index contributed by atoms with van der Waals surface area (Å²) in [7, 11) is 1.68. The lowest BCUT2D eigenvalue weighted by molar-refractivity contribution is 0.0682. The van der Waals surface area contributed by atoms with Gasteiger partial charge in [0, 0.05) is 11.9 Å². The number of methoxy groups -OCH3 is 1. The van der Waals surface area contributed by atoms with Crippen molar-refractivity contribution in [1.82, 2.24) is 0 Å². The summed E-state index contributed by atoms with van der Waals surface area (Å²) in [5, 5.41) is 0.796. The van der Waals surface area contributed by atoms with Crippen LogP contribution in [-0.4, -0.2) is 19.0 Å². The molecule has 1 unspecified atom stereocenters. The zero-order valence-corrected chi connectivity index (χ0v) is 13.9. The molecule has 2 aromatic rings. The minimum atomic E-state index is 0.0895. The van der Waals surface area contributed by atoms with E-state index in [1.807, 2.05) is 18.2 Å². The van der Waals surface area contributed by atoms with Crippen LogP contribution in [-0.2, 0) is 11.2 Å². The highest BCUT2D eigenvalue weighted by atomic mass is 79.9. The maximum absolute atomic E-state index is 5.98. The third-order valence-corrected chi connectivity index (χ3v) is 3.99. The minimum Gasteiger partial charge on any atom is -0.497 e. The highest BCUT2D eigenvalue weighted by Crippen LogP contribution is 2.22. The second kappa shape index (κ2) is 8.85. The molecular weight excluding hydrogens is 328 g/mol. The maximum atomic E-state index is 5.98. The monoisotopic (exact) mass is 348 g/mol. The van der Waals surface area contributed by atoms with Crippen molar-refractivity contribution in [2.45, 2.75) is 18.9 Å². The molecule has 0 saturated heterocycles. The van der Waals surface area contributed by atoms with E-state index in [0.29, 0.717) is 0 Å². The Bertz CT molecular complexity index is 511. The first-order valence-corrected chi connectivity index (χ1v) is 8.31. The van der Waals surface area contributed by atoms with Gasteiger partial charge in [0.25, 0.3) is 0 Å². The van der Waals surface area contributed by atoms with Gasteiger partial charge in [-0.2, -0.15) is 0 Å². The van der Waals surface area contributed by atoms with Gasteiger partial charge >= 0.3 is 0 Å². The van der Waals surface area contributed by atoms with Gasteiger partial charge in [-0.25, -0.2) is 0 Å². The van der Waals surface area contributed by atoms with Crippen molar-refractivity contribution >= 4 is 15.9 Å². The van der Waals surface area contributed by atoms with E-state index in [0.717, 1.165) is 30.5 Å². The lowest BCUT2D eigenvalue weighted by Crippen LogP contribution is -2.07. The Morgan fingerprint density at radius 1 is 1.00 bits per heavy atom. The lowest BCUT2D eigenvalue weighted by atomic mass is 10.1. The third-order valence-electron chi connectivity index (χ3n) is 3.40. The quantitative estimate of drug-likeness (QED) is 0.504. The molecule has 0 saturated carbocycles. The van der Waals surface area contributed by atoms with E-state index in [2.05, 4.69) is 52.3 Å². The molecule has 0 fully saturated rings. The summed E-state index contributed by atoms with van der Waals surface area (Å²) in [4.78, 5) is 0. The van der Waals surface area contributed by atoms with Crippen molar-refractivity contribution in [2.75, 3.05) is 19.0 Å². The van der Waals surface area contributed by atoms with Crippen LogP contribution in [0.5, 0.6) is 5.75 Å². The Morgan fingerprint density at radius 3 is 2.33 bits per heavy atom. The van der Waals surface area contributed by atoms with Crippen molar-refractivity contribution in [3.63, 3.8) is 0 Å². The summed E-state index contributed by atoms with van der Waals surface area (Å²) < 4.78 is 11.2. The molecule has 0 aromatic heterocycles. The molecule has 0 radical (unpaired) electrons. The van der Waals surface area contributed by atoms with E-state index < -0.39 is 0 Å². The molecule has 0 amide bonds. The van der Waals surface area contributed by atoms with E-state index in [9.17, 15) is 0 Å². The predicted octanol–water partition coefficient (Wildman–Crippen LogP) is 4.78. The Morgan fingerprint density at radius 2 is 1.71 bits per heavy atom. The van der Waals surface area contributed by atoms with Crippen LogP contribution in [0.3, 0.4) is 0 Å². The van der Waals surface area contributed by atoms with Crippen LogP contribution in [0, 0.1) is 0 Å². The summed E-state index contributed by atoms with van der Waals surface area (Å²) in [6, 6.07) is 18.6. The molecule has 2 aromatic carbocycles. The highest BCUT2D eigenvalue weighted by molar-refractivity contribution is 9.09. The van der Waals surface area contributed by atoms with Crippen molar-refractivity contribution in [2.24, 2.45) is 0 Å². The first kappa shape index (κ1) is 16.1. The number of hydrogen-bond acceptors (Lipinski definition) is 2. The van der Waals surface area contributed by atoms with Crippen LogP contribution >= 0.6 is 15.9 Å². The van der Waals surface area contributed by atoms with Gasteiger partial charge in [0.1, 0.15) is 5.75 Å². The van der Waals surface area contributed by atoms with Crippen molar-refractivity contribution < 1.29 is 9.47 Å². The molecule has 21 heavy (non-hydrogen) atoms. The second-order valence-electron chi connectivity index (χ2n) is 4.88. The van der Waals surface area contributed by atoms with E-state index in [-0.39, 0.29) is 6.10 Å². The summed E-state index contributed by atoms with van der Waals surface area (Å²) in [5.41, 5.74) is 2.54. The predicted molar refractivity (Wildman–Crippen MR) is 90.2 cm³/mol. The van der Waals surface area contributed by atoms with E-state index in [1.54, 1.807) is 7.11 Å². The minimum absolute atomic E-state index is 0.0895. The zero-order chi connectivity index (χ0) is 14.9. The molecule has 2 nitrogen and oxygen atoms in total. The standard InChI is InChI=1S/C18H21BrO2/c1-20-17-11-9-16(10-12-17)18(14-19)21-13-5-8-15-6-3-2-4-7-15/h2-4,6-7,9-12,18H,5,8,13-14H2,1H3. The highest BCUT2D eigenvalue weighted by Gasteiger charge is 2.10. The number of aryl methyl sites for hydroxylation is 1. The number of hydrogen-bond donors (Lipinski definition) is 0. The molecule has 2 rings (SSSR count). The summed E-state index contributed by atoms with van der Waals surface area (Å²) in [5.74, 6) is 0.871. The number of alkyl halides is 1. The summed E-state index contributed by atoms with van der Waals surface area (Å²) >= 11 is 3.53. The van der Waals surface area contributed by atoms with Gasteiger partial charge in [0.05, 0.1) is 13.2 Å². The molecule has 112 valence electrons. The van der Waals surface area contributed by atoms with Gasteiger partial charge in [-0.05, 0) is 36.1 Å². The van der Waals surface area contributed by atoms with Crippen molar-refractivity contribution in [3.8, 4) is 5.75 Å². The summed E-state index contributed by atoms with van der Waals surface area (Å²) in [6.45, 7) is 0.761. The fourth-order valence-electron chi connectivity index (χ4n) is 2.19. The Kier molecular flexibility index (Phi) is 6.77. The molecule has 1 atom stereocenters. The van der Waals surface area contributed by atoms with Crippen LogP contribution < -0.4 is 4.74 Å². The van der Waals surface area contributed by atoms with Gasteiger partial charge in [-0.1, -0.05) is 58.4 Å². The first-order chi connectivity index (χ1) is 10.3. The first-order valence-electron chi connectivity index (χ1n) is 7.19. The second-order valence-corrected chi connectivity index (χ2v) is 5.52. The van der Waals surface area contributed by atoms with Gasteiger partial charge in [-0.3, -0.25) is 0 Å². The largest absolute Gasteiger partial charge is 0.497 e. The molecule has 0 N–H and O–H groups in total. The number of halogens is 1.